The van der Waals surface area contributed by atoms with E-state index in [-0.39, 0.29) is 24.5 Å². The SMILES string of the molecule is CC(CCC(=O)O)NC(=O)NC1CCOCC1C. The Balaban J connectivity index is 2.25. The average Bonchev–Trinajstić information content (AvgIpc) is 2.29. The Labute approximate surface area is 107 Å². The van der Waals surface area contributed by atoms with Crippen molar-refractivity contribution in [1.29, 1.82) is 0 Å². The molecule has 0 radical (unpaired) electrons. The van der Waals surface area contributed by atoms with Crippen molar-refractivity contribution in [2.75, 3.05) is 13.2 Å². The van der Waals surface area contributed by atoms with Gasteiger partial charge in [0.15, 0.2) is 0 Å². The molecule has 1 saturated heterocycles. The van der Waals surface area contributed by atoms with Gasteiger partial charge in [0.1, 0.15) is 0 Å². The summed E-state index contributed by atoms with van der Waals surface area (Å²) in [4.78, 5) is 22.1. The summed E-state index contributed by atoms with van der Waals surface area (Å²) in [5.41, 5.74) is 0. The second-order valence-electron chi connectivity index (χ2n) is 4.90. The number of hydrogen-bond acceptors (Lipinski definition) is 3. The van der Waals surface area contributed by atoms with Crippen LogP contribution in [-0.4, -0.2) is 42.4 Å². The smallest absolute Gasteiger partial charge is 0.315 e. The maximum atomic E-state index is 11.7. The molecular formula is C12H22N2O4. The van der Waals surface area contributed by atoms with Crippen molar-refractivity contribution >= 4 is 12.0 Å². The molecule has 1 aliphatic heterocycles. The van der Waals surface area contributed by atoms with Crippen LogP contribution in [0.1, 0.15) is 33.1 Å². The largest absolute Gasteiger partial charge is 0.481 e. The van der Waals surface area contributed by atoms with Crippen molar-refractivity contribution in [3.8, 4) is 0 Å². The number of amides is 2. The third-order valence-electron chi connectivity index (χ3n) is 3.13. The highest BCUT2D eigenvalue weighted by molar-refractivity contribution is 5.74. The topological polar surface area (TPSA) is 87.7 Å². The Bertz CT molecular complexity index is 296. The van der Waals surface area contributed by atoms with Gasteiger partial charge in [0.05, 0.1) is 6.61 Å². The summed E-state index contributed by atoms with van der Waals surface area (Å²) < 4.78 is 5.30. The van der Waals surface area contributed by atoms with Crippen LogP contribution in [0.2, 0.25) is 0 Å². The number of carboxylic acid groups (broad SMARTS) is 1. The van der Waals surface area contributed by atoms with Crippen LogP contribution >= 0.6 is 0 Å². The van der Waals surface area contributed by atoms with Gasteiger partial charge in [-0.1, -0.05) is 6.92 Å². The first kappa shape index (κ1) is 14.8. The molecule has 0 aromatic heterocycles. The van der Waals surface area contributed by atoms with Gasteiger partial charge in [-0.3, -0.25) is 4.79 Å². The van der Waals surface area contributed by atoms with Crippen molar-refractivity contribution in [3.63, 3.8) is 0 Å². The molecule has 1 aliphatic rings. The van der Waals surface area contributed by atoms with E-state index in [0.717, 1.165) is 6.42 Å². The molecule has 1 rings (SSSR count). The van der Waals surface area contributed by atoms with Crippen LogP contribution in [-0.2, 0) is 9.53 Å². The van der Waals surface area contributed by atoms with Gasteiger partial charge in [-0.15, -0.1) is 0 Å². The van der Waals surface area contributed by atoms with Crippen molar-refractivity contribution in [2.24, 2.45) is 5.92 Å². The second-order valence-corrected chi connectivity index (χ2v) is 4.90. The molecule has 0 spiro atoms. The predicted octanol–water partition coefficient (Wildman–Crippen LogP) is 0.964. The van der Waals surface area contributed by atoms with Gasteiger partial charge >= 0.3 is 12.0 Å². The van der Waals surface area contributed by atoms with E-state index < -0.39 is 5.97 Å². The molecule has 1 fully saturated rings. The van der Waals surface area contributed by atoms with Crippen LogP contribution in [0.3, 0.4) is 0 Å². The maximum absolute atomic E-state index is 11.7. The van der Waals surface area contributed by atoms with E-state index in [1.54, 1.807) is 6.92 Å². The Morgan fingerprint density at radius 1 is 1.50 bits per heavy atom. The molecule has 0 saturated carbocycles. The highest BCUT2D eigenvalue weighted by atomic mass is 16.5. The summed E-state index contributed by atoms with van der Waals surface area (Å²) in [5.74, 6) is -0.541. The number of urea groups is 1. The van der Waals surface area contributed by atoms with Crippen LogP contribution < -0.4 is 10.6 Å². The van der Waals surface area contributed by atoms with Gasteiger partial charge in [0.2, 0.25) is 0 Å². The molecule has 3 N–H and O–H groups in total. The first-order chi connectivity index (χ1) is 8.49. The molecule has 0 bridgehead atoms. The van der Waals surface area contributed by atoms with Gasteiger partial charge in [0, 0.05) is 25.1 Å². The Kier molecular flexibility index (Phi) is 5.91. The summed E-state index contributed by atoms with van der Waals surface area (Å²) in [5, 5.41) is 14.2. The van der Waals surface area contributed by atoms with E-state index in [4.69, 9.17) is 9.84 Å². The summed E-state index contributed by atoms with van der Waals surface area (Å²) in [6.07, 6.45) is 1.32. The van der Waals surface area contributed by atoms with Gasteiger partial charge in [-0.2, -0.15) is 0 Å². The number of hydrogen-bond donors (Lipinski definition) is 3. The normalized spacial score (nSPS) is 25.2. The van der Waals surface area contributed by atoms with Crippen molar-refractivity contribution in [3.05, 3.63) is 0 Å². The highest BCUT2D eigenvalue weighted by Crippen LogP contribution is 2.13. The molecule has 6 heteroatoms. The molecule has 3 atom stereocenters. The van der Waals surface area contributed by atoms with E-state index in [0.29, 0.717) is 25.6 Å². The Morgan fingerprint density at radius 3 is 2.83 bits per heavy atom. The van der Waals surface area contributed by atoms with E-state index in [9.17, 15) is 9.59 Å². The molecule has 0 aliphatic carbocycles. The minimum absolute atomic E-state index is 0.0646. The molecule has 6 nitrogen and oxygen atoms in total. The van der Waals surface area contributed by atoms with Gasteiger partial charge in [-0.25, -0.2) is 4.79 Å². The maximum Gasteiger partial charge on any atom is 0.315 e. The van der Waals surface area contributed by atoms with Crippen LogP contribution in [0.25, 0.3) is 0 Å². The van der Waals surface area contributed by atoms with E-state index >= 15 is 0 Å². The fourth-order valence-corrected chi connectivity index (χ4v) is 1.94. The van der Waals surface area contributed by atoms with Crippen molar-refractivity contribution < 1.29 is 19.4 Å². The van der Waals surface area contributed by atoms with Crippen molar-refractivity contribution in [1.82, 2.24) is 10.6 Å². The summed E-state index contributed by atoms with van der Waals surface area (Å²) in [6.45, 7) is 5.18. The zero-order chi connectivity index (χ0) is 13.5. The Hall–Kier alpha value is -1.30. The van der Waals surface area contributed by atoms with Crippen LogP contribution in [0, 0.1) is 5.92 Å². The van der Waals surface area contributed by atoms with E-state index in [2.05, 4.69) is 10.6 Å². The molecular weight excluding hydrogens is 236 g/mol. The quantitative estimate of drug-likeness (QED) is 0.685. The molecule has 0 aromatic carbocycles. The number of aliphatic carboxylic acids is 1. The number of nitrogens with one attached hydrogen (secondary N) is 2. The third kappa shape index (κ3) is 5.35. The zero-order valence-corrected chi connectivity index (χ0v) is 10.9. The molecule has 104 valence electrons. The van der Waals surface area contributed by atoms with Crippen molar-refractivity contribution in [2.45, 2.75) is 45.2 Å². The third-order valence-corrected chi connectivity index (χ3v) is 3.13. The molecule has 3 unspecified atom stereocenters. The number of carbonyl (C=O) groups is 2. The Morgan fingerprint density at radius 2 is 2.22 bits per heavy atom. The van der Waals surface area contributed by atoms with E-state index in [1.165, 1.54) is 0 Å². The lowest BCUT2D eigenvalue weighted by atomic mass is 9.98. The fraction of sp³-hybridized carbons (Fsp3) is 0.833. The molecule has 18 heavy (non-hydrogen) atoms. The number of ether oxygens (including phenoxy) is 1. The second kappa shape index (κ2) is 7.20. The summed E-state index contributed by atoms with van der Waals surface area (Å²) in [7, 11) is 0. The number of carboxylic acids is 1. The fourth-order valence-electron chi connectivity index (χ4n) is 1.94. The first-order valence-corrected chi connectivity index (χ1v) is 6.35. The highest BCUT2D eigenvalue weighted by Gasteiger charge is 2.23. The lowest BCUT2D eigenvalue weighted by Gasteiger charge is -2.30. The predicted molar refractivity (Wildman–Crippen MR) is 66.4 cm³/mol. The monoisotopic (exact) mass is 258 g/mol. The van der Waals surface area contributed by atoms with Crippen LogP contribution in [0.5, 0.6) is 0 Å². The minimum Gasteiger partial charge on any atom is -0.481 e. The molecule has 2 amide bonds. The lowest BCUT2D eigenvalue weighted by molar-refractivity contribution is -0.137. The number of rotatable bonds is 5. The number of carbonyl (C=O) groups excluding carboxylic acids is 1. The lowest BCUT2D eigenvalue weighted by Crippen LogP contribution is -2.50. The van der Waals surface area contributed by atoms with Gasteiger partial charge in [0.25, 0.3) is 0 Å². The standard InChI is InChI=1S/C12H22N2O4/c1-8-7-18-6-5-10(8)14-12(17)13-9(2)3-4-11(15)16/h8-10H,3-7H2,1-2H3,(H,15,16)(H2,13,14,17). The molecule has 0 aromatic rings. The minimum atomic E-state index is -0.845. The molecule has 1 heterocycles. The summed E-state index contributed by atoms with van der Waals surface area (Å²) >= 11 is 0. The zero-order valence-electron chi connectivity index (χ0n) is 10.9. The first-order valence-electron chi connectivity index (χ1n) is 6.35. The average molecular weight is 258 g/mol. The van der Waals surface area contributed by atoms with Gasteiger partial charge in [-0.05, 0) is 25.7 Å². The van der Waals surface area contributed by atoms with Crippen LogP contribution in [0.4, 0.5) is 4.79 Å². The van der Waals surface area contributed by atoms with Crippen LogP contribution in [0.15, 0.2) is 0 Å². The van der Waals surface area contributed by atoms with E-state index in [1.807, 2.05) is 6.92 Å². The van der Waals surface area contributed by atoms with Gasteiger partial charge < -0.3 is 20.5 Å². The summed E-state index contributed by atoms with van der Waals surface area (Å²) in [6, 6.07) is -0.242.